The Bertz CT molecular complexity index is 440. The lowest BCUT2D eigenvalue weighted by molar-refractivity contribution is 0.0954. The number of carbonyl (C=O) groups is 1. The van der Waals surface area contributed by atoms with E-state index < -0.39 is 0 Å². The van der Waals surface area contributed by atoms with Crippen LogP contribution in [0.2, 0.25) is 5.02 Å². The van der Waals surface area contributed by atoms with E-state index in [9.17, 15) is 4.79 Å². The molecule has 0 bridgehead atoms. The number of benzene rings is 1. The summed E-state index contributed by atoms with van der Waals surface area (Å²) in [4.78, 5) is 14.3. The molecule has 1 rings (SSSR count). The molecule has 1 aromatic rings. The summed E-state index contributed by atoms with van der Waals surface area (Å²) in [5.41, 5.74) is 9.45. The van der Waals surface area contributed by atoms with Gasteiger partial charge in [0.1, 0.15) is 0 Å². The van der Waals surface area contributed by atoms with Crippen molar-refractivity contribution in [2.75, 3.05) is 13.1 Å². The first-order valence-electron chi connectivity index (χ1n) is 4.70. The summed E-state index contributed by atoms with van der Waals surface area (Å²) in [6.07, 6.45) is 0. The van der Waals surface area contributed by atoms with Crippen LogP contribution in [0.15, 0.2) is 23.3 Å². The first kappa shape index (κ1) is 12.4. The Balaban J connectivity index is 2.65. The lowest BCUT2D eigenvalue weighted by Crippen LogP contribution is -2.26. The normalized spacial score (nSPS) is 9.38. The number of hydrogen-bond donors (Lipinski definition) is 1. The maximum Gasteiger partial charge on any atom is 0.251 e. The Kier molecular flexibility index (Phi) is 4.64. The largest absolute Gasteiger partial charge is 0.352 e. The second-order valence-corrected chi connectivity index (χ2v) is 3.61. The number of aryl methyl sites for hydroxylation is 1. The number of halogens is 1. The van der Waals surface area contributed by atoms with Gasteiger partial charge in [0.15, 0.2) is 0 Å². The predicted octanol–water partition coefficient (Wildman–Crippen LogP) is 2.69. The van der Waals surface area contributed by atoms with Crippen LogP contribution >= 0.6 is 11.6 Å². The Morgan fingerprint density at radius 3 is 3.06 bits per heavy atom. The molecule has 0 saturated heterocycles. The van der Waals surface area contributed by atoms with Gasteiger partial charge in [-0.3, -0.25) is 4.79 Å². The molecule has 0 aliphatic heterocycles. The van der Waals surface area contributed by atoms with E-state index in [2.05, 4.69) is 15.3 Å². The van der Waals surface area contributed by atoms with Gasteiger partial charge in [-0.05, 0) is 30.2 Å². The smallest absolute Gasteiger partial charge is 0.251 e. The lowest BCUT2D eigenvalue weighted by atomic mass is 10.1. The van der Waals surface area contributed by atoms with Gasteiger partial charge in [0.25, 0.3) is 5.91 Å². The highest BCUT2D eigenvalue weighted by Crippen LogP contribution is 2.14. The topological polar surface area (TPSA) is 77.9 Å². The molecule has 0 radical (unpaired) electrons. The van der Waals surface area contributed by atoms with Crippen LogP contribution in [0.5, 0.6) is 0 Å². The van der Waals surface area contributed by atoms with Gasteiger partial charge in [0.05, 0.1) is 0 Å². The van der Waals surface area contributed by atoms with Crippen molar-refractivity contribution in [3.63, 3.8) is 0 Å². The molecule has 1 aromatic carbocycles. The van der Waals surface area contributed by atoms with E-state index in [1.165, 1.54) is 0 Å². The molecule has 0 atom stereocenters. The minimum absolute atomic E-state index is 0.215. The van der Waals surface area contributed by atoms with Crippen molar-refractivity contribution in [2.45, 2.75) is 6.92 Å². The van der Waals surface area contributed by atoms with E-state index in [0.29, 0.717) is 17.1 Å². The van der Waals surface area contributed by atoms with Gasteiger partial charge in [-0.25, -0.2) is 0 Å². The van der Waals surface area contributed by atoms with E-state index in [-0.39, 0.29) is 12.5 Å². The third kappa shape index (κ3) is 3.46. The maximum absolute atomic E-state index is 11.7. The summed E-state index contributed by atoms with van der Waals surface area (Å²) in [7, 11) is 0. The molecule has 16 heavy (non-hydrogen) atoms. The van der Waals surface area contributed by atoms with E-state index in [1.807, 2.05) is 6.92 Å². The van der Waals surface area contributed by atoms with Crippen LogP contribution in [0.1, 0.15) is 15.9 Å². The summed E-state index contributed by atoms with van der Waals surface area (Å²) < 4.78 is 0. The highest BCUT2D eigenvalue weighted by Gasteiger charge is 2.08. The van der Waals surface area contributed by atoms with Crippen LogP contribution < -0.4 is 5.32 Å². The second kappa shape index (κ2) is 6.00. The zero-order chi connectivity index (χ0) is 12.0. The van der Waals surface area contributed by atoms with E-state index >= 15 is 0 Å². The van der Waals surface area contributed by atoms with Crippen LogP contribution in [0.4, 0.5) is 0 Å². The molecule has 84 valence electrons. The third-order valence-corrected chi connectivity index (χ3v) is 2.24. The molecule has 0 unspecified atom stereocenters. The van der Waals surface area contributed by atoms with Crippen molar-refractivity contribution >= 4 is 17.5 Å². The molecule has 0 saturated carbocycles. The van der Waals surface area contributed by atoms with Crippen LogP contribution in [-0.2, 0) is 0 Å². The van der Waals surface area contributed by atoms with Gasteiger partial charge in [0.2, 0.25) is 0 Å². The maximum atomic E-state index is 11.7. The fraction of sp³-hybridized carbons (Fsp3) is 0.300. The molecule has 1 N–H and O–H groups in total. The van der Waals surface area contributed by atoms with Gasteiger partial charge in [-0.15, -0.1) is 0 Å². The lowest BCUT2D eigenvalue weighted by Gasteiger charge is -2.06. The molecule has 0 aromatic heterocycles. The van der Waals surface area contributed by atoms with Gasteiger partial charge >= 0.3 is 0 Å². The average Bonchev–Trinajstić information content (AvgIpc) is 2.27. The van der Waals surface area contributed by atoms with Crippen molar-refractivity contribution < 1.29 is 4.79 Å². The van der Waals surface area contributed by atoms with Gasteiger partial charge in [0, 0.05) is 28.6 Å². The van der Waals surface area contributed by atoms with Gasteiger partial charge in [-0.1, -0.05) is 22.8 Å². The van der Waals surface area contributed by atoms with Crippen molar-refractivity contribution in [2.24, 2.45) is 5.11 Å². The van der Waals surface area contributed by atoms with Crippen molar-refractivity contribution in [3.8, 4) is 0 Å². The first-order chi connectivity index (χ1) is 7.65. The molecule has 6 heteroatoms. The number of rotatable bonds is 4. The zero-order valence-electron chi connectivity index (χ0n) is 8.77. The van der Waals surface area contributed by atoms with Gasteiger partial charge in [-0.2, -0.15) is 0 Å². The number of hydrogen-bond acceptors (Lipinski definition) is 2. The summed E-state index contributed by atoms with van der Waals surface area (Å²) in [5.74, 6) is -0.215. The fourth-order valence-electron chi connectivity index (χ4n) is 1.20. The minimum Gasteiger partial charge on any atom is -0.352 e. The Morgan fingerprint density at radius 1 is 1.62 bits per heavy atom. The third-order valence-electron chi connectivity index (χ3n) is 2.00. The van der Waals surface area contributed by atoms with E-state index in [1.54, 1.807) is 18.2 Å². The highest BCUT2D eigenvalue weighted by molar-refractivity contribution is 6.31. The Labute approximate surface area is 98.0 Å². The number of azide groups is 1. The van der Waals surface area contributed by atoms with Crippen LogP contribution in [-0.4, -0.2) is 19.0 Å². The summed E-state index contributed by atoms with van der Waals surface area (Å²) in [6.45, 7) is 2.38. The fourth-order valence-corrected chi connectivity index (χ4v) is 1.37. The quantitative estimate of drug-likeness (QED) is 0.372. The SMILES string of the molecule is Cc1ccc(Cl)cc1C(=O)NCCN=[N+]=[N-]. The standard InChI is InChI=1S/C10H11ClN4O/c1-7-2-3-8(11)6-9(7)10(16)13-4-5-14-15-12/h2-3,6H,4-5H2,1H3,(H,13,16). The van der Waals surface area contributed by atoms with Crippen LogP contribution in [0.25, 0.3) is 10.4 Å². The zero-order valence-corrected chi connectivity index (χ0v) is 9.53. The summed E-state index contributed by atoms with van der Waals surface area (Å²) in [6, 6.07) is 5.12. The molecular weight excluding hydrogens is 228 g/mol. The number of nitrogens with zero attached hydrogens (tertiary/aromatic N) is 3. The average molecular weight is 239 g/mol. The predicted molar refractivity (Wildman–Crippen MR) is 62.5 cm³/mol. The number of nitrogens with one attached hydrogen (secondary N) is 1. The van der Waals surface area contributed by atoms with E-state index in [0.717, 1.165) is 5.56 Å². The molecule has 0 aliphatic carbocycles. The molecule has 0 fully saturated rings. The Hall–Kier alpha value is -1.71. The van der Waals surface area contributed by atoms with Crippen molar-refractivity contribution in [1.82, 2.24) is 5.32 Å². The van der Waals surface area contributed by atoms with Gasteiger partial charge < -0.3 is 5.32 Å². The minimum atomic E-state index is -0.215. The number of carbonyl (C=O) groups excluding carboxylic acids is 1. The van der Waals surface area contributed by atoms with Crippen LogP contribution in [0, 0.1) is 6.92 Å². The van der Waals surface area contributed by atoms with Crippen LogP contribution in [0.3, 0.4) is 0 Å². The van der Waals surface area contributed by atoms with Crippen molar-refractivity contribution in [1.29, 1.82) is 0 Å². The number of amides is 1. The molecule has 1 amide bonds. The Morgan fingerprint density at radius 2 is 2.38 bits per heavy atom. The molecule has 5 nitrogen and oxygen atoms in total. The second-order valence-electron chi connectivity index (χ2n) is 3.17. The monoisotopic (exact) mass is 238 g/mol. The molecular formula is C10H11ClN4O. The summed E-state index contributed by atoms with van der Waals surface area (Å²) >= 11 is 5.80. The molecule has 0 aliphatic rings. The first-order valence-corrected chi connectivity index (χ1v) is 5.08. The summed E-state index contributed by atoms with van der Waals surface area (Å²) in [5, 5.41) is 6.48. The highest BCUT2D eigenvalue weighted by atomic mass is 35.5. The molecule has 0 heterocycles. The van der Waals surface area contributed by atoms with Crippen molar-refractivity contribution in [3.05, 3.63) is 44.8 Å². The van der Waals surface area contributed by atoms with E-state index in [4.69, 9.17) is 17.1 Å². The molecule has 0 spiro atoms.